The zero-order valence-corrected chi connectivity index (χ0v) is 21.2. The Kier molecular flexibility index (Phi) is 8.45. The standard InChI is InChI=1S/C24H28Cl2N2O4S/c1-16-9-21(10-17(2)24(16)26)32-8-4-5-19-14-28(23-11-20(25)6-7-22(19)23)13-18(15-29)12-27-33(3,30)31/h6-7,9-11,14-15,18,27H,4-5,8,12-13H2,1-3H3. The Morgan fingerprint density at radius 2 is 1.85 bits per heavy atom. The van der Waals surface area contributed by atoms with Crippen LogP contribution in [0.2, 0.25) is 10.0 Å². The molecular formula is C24H28Cl2N2O4S. The summed E-state index contributed by atoms with van der Waals surface area (Å²) in [4.78, 5) is 11.6. The average Bonchev–Trinajstić information content (AvgIpc) is 3.08. The summed E-state index contributed by atoms with van der Waals surface area (Å²) in [5.41, 5.74) is 4.01. The van der Waals surface area contributed by atoms with Gasteiger partial charge in [0, 0.05) is 46.2 Å². The van der Waals surface area contributed by atoms with Gasteiger partial charge in [0.25, 0.3) is 0 Å². The predicted molar refractivity (Wildman–Crippen MR) is 134 cm³/mol. The molecule has 0 aliphatic carbocycles. The summed E-state index contributed by atoms with van der Waals surface area (Å²) in [7, 11) is -3.37. The summed E-state index contributed by atoms with van der Waals surface area (Å²) < 4.78 is 33.1. The normalized spacial score (nSPS) is 12.8. The Bertz CT molecular complexity index is 1230. The van der Waals surface area contributed by atoms with Crippen LogP contribution in [0.1, 0.15) is 23.1 Å². The summed E-state index contributed by atoms with van der Waals surface area (Å²) in [5.74, 6) is 0.303. The molecule has 0 amide bonds. The van der Waals surface area contributed by atoms with Gasteiger partial charge >= 0.3 is 0 Å². The summed E-state index contributed by atoms with van der Waals surface area (Å²) in [6.45, 7) is 4.87. The van der Waals surface area contributed by atoms with Gasteiger partial charge in [-0.15, -0.1) is 0 Å². The average molecular weight is 511 g/mol. The maximum atomic E-state index is 11.6. The Morgan fingerprint density at radius 3 is 2.48 bits per heavy atom. The van der Waals surface area contributed by atoms with Gasteiger partial charge in [0.1, 0.15) is 12.0 Å². The number of fused-ring (bicyclic) bond motifs is 1. The van der Waals surface area contributed by atoms with Gasteiger partial charge in [0.05, 0.1) is 12.9 Å². The smallest absolute Gasteiger partial charge is 0.208 e. The van der Waals surface area contributed by atoms with E-state index in [9.17, 15) is 13.2 Å². The number of sulfonamides is 1. The summed E-state index contributed by atoms with van der Waals surface area (Å²) in [6.07, 6.45) is 5.44. The number of carbonyl (C=O) groups is 1. The van der Waals surface area contributed by atoms with Crippen molar-refractivity contribution in [3.63, 3.8) is 0 Å². The van der Waals surface area contributed by atoms with Crippen molar-refractivity contribution in [1.82, 2.24) is 9.29 Å². The first kappa shape index (κ1) is 25.6. The second-order valence-electron chi connectivity index (χ2n) is 8.31. The van der Waals surface area contributed by atoms with E-state index in [1.165, 1.54) is 0 Å². The Morgan fingerprint density at radius 1 is 1.15 bits per heavy atom. The monoisotopic (exact) mass is 510 g/mol. The number of hydrogen-bond donors (Lipinski definition) is 1. The van der Waals surface area contributed by atoms with Crippen molar-refractivity contribution in [2.24, 2.45) is 5.92 Å². The molecule has 1 unspecified atom stereocenters. The Labute approximate surface area is 204 Å². The van der Waals surface area contributed by atoms with Crippen molar-refractivity contribution >= 4 is 50.4 Å². The number of aromatic nitrogens is 1. The predicted octanol–water partition coefficient (Wildman–Crippen LogP) is 4.94. The lowest BCUT2D eigenvalue weighted by molar-refractivity contribution is -0.111. The third-order valence-electron chi connectivity index (χ3n) is 5.43. The van der Waals surface area contributed by atoms with E-state index in [0.717, 1.165) is 63.7 Å². The highest BCUT2D eigenvalue weighted by Gasteiger charge is 2.15. The maximum Gasteiger partial charge on any atom is 0.208 e. The van der Waals surface area contributed by atoms with Crippen LogP contribution in [0.4, 0.5) is 0 Å². The van der Waals surface area contributed by atoms with E-state index in [1.54, 1.807) is 0 Å². The summed E-state index contributed by atoms with van der Waals surface area (Å²) in [5, 5.41) is 2.41. The SMILES string of the molecule is Cc1cc(OCCCc2cn(CC(C=O)CNS(C)(=O)=O)c3cc(Cl)ccc23)cc(C)c1Cl. The molecule has 9 heteroatoms. The highest BCUT2D eigenvalue weighted by atomic mass is 35.5. The minimum absolute atomic E-state index is 0.0473. The van der Waals surface area contributed by atoms with E-state index in [2.05, 4.69) is 4.72 Å². The van der Waals surface area contributed by atoms with Crippen LogP contribution in [0.5, 0.6) is 5.75 Å². The molecule has 0 radical (unpaired) electrons. The highest BCUT2D eigenvalue weighted by Crippen LogP contribution is 2.28. The van der Waals surface area contributed by atoms with E-state index in [0.29, 0.717) is 18.2 Å². The maximum absolute atomic E-state index is 11.6. The fourth-order valence-electron chi connectivity index (χ4n) is 3.80. The van der Waals surface area contributed by atoms with Gasteiger partial charge in [0.15, 0.2) is 0 Å². The molecule has 178 valence electrons. The largest absolute Gasteiger partial charge is 0.494 e. The number of carbonyl (C=O) groups excluding carboxylic acids is 1. The highest BCUT2D eigenvalue weighted by molar-refractivity contribution is 7.88. The van der Waals surface area contributed by atoms with Gasteiger partial charge in [0.2, 0.25) is 10.0 Å². The van der Waals surface area contributed by atoms with E-state index < -0.39 is 15.9 Å². The minimum Gasteiger partial charge on any atom is -0.494 e. The molecule has 0 aliphatic heterocycles. The van der Waals surface area contributed by atoms with Gasteiger partial charge in [-0.25, -0.2) is 13.1 Å². The molecule has 0 bridgehead atoms. The second kappa shape index (κ2) is 10.9. The van der Waals surface area contributed by atoms with Crippen molar-refractivity contribution in [2.75, 3.05) is 19.4 Å². The molecule has 3 rings (SSSR count). The first-order valence-corrected chi connectivity index (χ1v) is 13.3. The third kappa shape index (κ3) is 6.96. The lowest BCUT2D eigenvalue weighted by Crippen LogP contribution is -2.31. The molecule has 1 N–H and O–H groups in total. The minimum atomic E-state index is -3.37. The van der Waals surface area contributed by atoms with Gasteiger partial charge in [-0.05, 0) is 67.6 Å². The number of hydrogen-bond acceptors (Lipinski definition) is 4. The van der Waals surface area contributed by atoms with Crippen molar-refractivity contribution in [3.05, 3.63) is 63.3 Å². The number of aldehydes is 1. The topological polar surface area (TPSA) is 77.4 Å². The molecule has 3 aromatic rings. The zero-order chi connectivity index (χ0) is 24.2. The molecule has 0 spiro atoms. The number of ether oxygens (including phenoxy) is 1. The summed E-state index contributed by atoms with van der Waals surface area (Å²) >= 11 is 12.4. The molecule has 0 saturated heterocycles. The van der Waals surface area contributed by atoms with E-state index in [-0.39, 0.29) is 6.54 Å². The molecular weight excluding hydrogens is 483 g/mol. The summed E-state index contributed by atoms with van der Waals surface area (Å²) in [6, 6.07) is 9.56. The van der Waals surface area contributed by atoms with Gasteiger partial charge in [-0.3, -0.25) is 0 Å². The van der Waals surface area contributed by atoms with E-state index >= 15 is 0 Å². The second-order valence-corrected chi connectivity index (χ2v) is 11.0. The zero-order valence-electron chi connectivity index (χ0n) is 18.9. The van der Waals surface area contributed by atoms with Crippen LogP contribution in [0.3, 0.4) is 0 Å². The number of aryl methyl sites for hydroxylation is 3. The van der Waals surface area contributed by atoms with Crippen LogP contribution in [-0.2, 0) is 27.8 Å². The van der Waals surface area contributed by atoms with Gasteiger partial charge in [-0.1, -0.05) is 29.3 Å². The van der Waals surface area contributed by atoms with Gasteiger partial charge < -0.3 is 14.1 Å². The quantitative estimate of drug-likeness (QED) is 0.292. The van der Waals surface area contributed by atoms with E-state index in [1.807, 2.05) is 54.9 Å². The first-order chi connectivity index (χ1) is 15.6. The van der Waals surface area contributed by atoms with Crippen LogP contribution in [0, 0.1) is 19.8 Å². The fourth-order valence-corrected chi connectivity index (χ4v) is 4.59. The lowest BCUT2D eigenvalue weighted by Gasteiger charge is -2.13. The number of nitrogens with zero attached hydrogens (tertiary/aromatic N) is 1. The first-order valence-electron chi connectivity index (χ1n) is 10.6. The molecule has 33 heavy (non-hydrogen) atoms. The van der Waals surface area contributed by atoms with E-state index in [4.69, 9.17) is 27.9 Å². The molecule has 0 fully saturated rings. The van der Waals surface area contributed by atoms with Gasteiger partial charge in [-0.2, -0.15) is 0 Å². The van der Waals surface area contributed by atoms with Crippen molar-refractivity contribution in [2.45, 2.75) is 33.2 Å². The number of benzene rings is 2. The van der Waals surface area contributed by atoms with Crippen molar-refractivity contribution in [3.8, 4) is 5.75 Å². The van der Waals surface area contributed by atoms with Crippen LogP contribution in [0.15, 0.2) is 36.5 Å². The molecule has 1 aromatic heterocycles. The number of nitrogens with one attached hydrogen (secondary N) is 1. The molecule has 0 aliphatic rings. The molecule has 1 atom stereocenters. The molecule has 1 heterocycles. The van der Waals surface area contributed by atoms with Crippen LogP contribution in [-0.4, -0.2) is 38.7 Å². The fraction of sp³-hybridized carbons (Fsp3) is 0.375. The van der Waals surface area contributed by atoms with Crippen molar-refractivity contribution < 1.29 is 17.9 Å². The van der Waals surface area contributed by atoms with Crippen LogP contribution >= 0.6 is 23.2 Å². The Balaban J connectivity index is 1.71. The van der Waals surface area contributed by atoms with Crippen LogP contribution in [0.25, 0.3) is 10.9 Å². The molecule has 2 aromatic carbocycles. The third-order valence-corrected chi connectivity index (χ3v) is 6.95. The van der Waals surface area contributed by atoms with Crippen molar-refractivity contribution in [1.29, 1.82) is 0 Å². The Hall–Kier alpha value is -2.06. The number of halogens is 2. The number of rotatable bonds is 11. The molecule has 0 saturated carbocycles. The molecule has 6 nitrogen and oxygen atoms in total. The lowest BCUT2D eigenvalue weighted by atomic mass is 10.1. The van der Waals surface area contributed by atoms with Crippen LogP contribution < -0.4 is 9.46 Å².